The van der Waals surface area contributed by atoms with E-state index in [4.69, 9.17) is 18.9 Å². The summed E-state index contributed by atoms with van der Waals surface area (Å²) in [4.78, 5) is 12.9. The predicted molar refractivity (Wildman–Crippen MR) is 156 cm³/mol. The molecule has 3 rings (SSSR count). The van der Waals surface area contributed by atoms with Gasteiger partial charge >= 0.3 is 6.09 Å². The quantitative estimate of drug-likeness (QED) is 0.280. The van der Waals surface area contributed by atoms with E-state index in [2.05, 4.69) is 12.2 Å². The van der Waals surface area contributed by atoms with Crippen LogP contribution in [0.4, 0.5) is 4.79 Å². The number of nitrogens with zero attached hydrogens (tertiary/aromatic N) is 1. The third kappa shape index (κ3) is 10.2. The number of methoxy groups -OCH3 is 1. The molecule has 0 unspecified atom stereocenters. The van der Waals surface area contributed by atoms with Crippen molar-refractivity contribution >= 4 is 16.1 Å². The van der Waals surface area contributed by atoms with Gasteiger partial charge in [0.2, 0.25) is 10.0 Å². The standard InChI is InChI=1S/C30H44N2O8S/c1-5-6-16-39-25-9-7-23(8-10-25)18-28(31-30(34)40-26-15-17-38-21-26)29(33)20-32(19-22(2)3)41(35,36)27-13-11-24(37-4)12-14-27/h7-14,22,26,28-29,33H,5-6,15-21H2,1-4H3,(H,31,34)/t26-,28-,29+/m0/s1. The first kappa shape index (κ1) is 32.7. The predicted octanol–water partition coefficient (Wildman–Crippen LogP) is 4.01. The van der Waals surface area contributed by atoms with Crippen molar-refractivity contribution in [3.8, 4) is 11.5 Å². The molecule has 0 aliphatic carbocycles. The largest absolute Gasteiger partial charge is 0.497 e. The van der Waals surface area contributed by atoms with E-state index in [1.807, 2.05) is 38.1 Å². The normalized spacial score (nSPS) is 16.9. The van der Waals surface area contributed by atoms with Gasteiger partial charge in [-0.2, -0.15) is 4.31 Å². The van der Waals surface area contributed by atoms with Gasteiger partial charge in [0.25, 0.3) is 0 Å². The van der Waals surface area contributed by atoms with Crippen molar-refractivity contribution in [2.75, 3.05) is 40.0 Å². The Morgan fingerprint density at radius 3 is 2.37 bits per heavy atom. The molecule has 0 radical (unpaired) electrons. The van der Waals surface area contributed by atoms with Crippen LogP contribution in [0.5, 0.6) is 11.5 Å². The van der Waals surface area contributed by atoms with Crippen molar-refractivity contribution in [2.45, 2.75) is 69.6 Å². The number of amides is 1. The number of alkyl carbamates (subject to hydrolysis) is 1. The third-order valence-corrected chi connectivity index (χ3v) is 8.58. The van der Waals surface area contributed by atoms with Gasteiger partial charge in [-0.05, 0) is 60.7 Å². The maximum atomic E-state index is 13.6. The molecule has 0 aromatic heterocycles. The van der Waals surface area contributed by atoms with Gasteiger partial charge in [-0.3, -0.25) is 0 Å². The lowest BCUT2D eigenvalue weighted by Crippen LogP contribution is -2.51. The second-order valence-corrected chi connectivity index (χ2v) is 12.6. The molecule has 1 aliphatic rings. The van der Waals surface area contributed by atoms with Gasteiger partial charge in [-0.15, -0.1) is 0 Å². The van der Waals surface area contributed by atoms with Gasteiger partial charge in [0.05, 0.1) is 44.0 Å². The van der Waals surface area contributed by atoms with Gasteiger partial charge in [-0.1, -0.05) is 39.3 Å². The Hall–Kier alpha value is -2.86. The smallest absolute Gasteiger partial charge is 0.407 e. The molecule has 0 bridgehead atoms. The lowest BCUT2D eigenvalue weighted by molar-refractivity contribution is 0.0644. The number of ether oxygens (including phenoxy) is 4. The van der Waals surface area contributed by atoms with E-state index < -0.39 is 28.3 Å². The fraction of sp³-hybridized carbons (Fsp3) is 0.567. The van der Waals surface area contributed by atoms with Crippen LogP contribution in [0.1, 0.15) is 45.6 Å². The molecule has 1 amide bonds. The van der Waals surface area contributed by atoms with E-state index in [-0.39, 0.29) is 36.4 Å². The number of rotatable bonds is 16. The number of aliphatic hydroxyl groups excluding tert-OH is 1. The van der Waals surface area contributed by atoms with E-state index >= 15 is 0 Å². The molecule has 10 nitrogen and oxygen atoms in total. The summed E-state index contributed by atoms with van der Waals surface area (Å²) in [6.07, 6.45) is 0.578. The maximum Gasteiger partial charge on any atom is 0.407 e. The summed E-state index contributed by atoms with van der Waals surface area (Å²) in [5, 5.41) is 14.2. The van der Waals surface area contributed by atoms with Crippen LogP contribution < -0.4 is 14.8 Å². The average molecular weight is 593 g/mol. The van der Waals surface area contributed by atoms with Crippen molar-refractivity contribution in [3.05, 3.63) is 54.1 Å². The number of carbonyl (C=O) groups is 1. The highest BCUT2D eigenvalue weighted by atomic mass is 32.2. The molecule has 2 aromatic rings. The van der Waals surface area contributed by atoms with Crippen molar-refractivity contribution in [3.63, 3.8) is 0 Å². The molecular formula is C30H44N2O8S. The first-order valence-electron chi connectivity index (χ1n) is 14.2. The van der Waals surface area contributed by atoms with Gasteiger partial charge in [0.1, 0.15) is 17.6 Å². The van der Waals surface area contributed by atoms with Crippen molar-refractivity contribution in [2.24, 2.45) is 5.92 Å². The highest BCUT2D eigenvalue weighted by molar-refractivity contribution is 7.89. The van der Waals surface area contributed by atoms with E-state index in [1.165, 1.54) is 23.5 Å². The second-order valence-electron chi connectivity index (χ2n) is 10.7. The van der Waals surface area contributed by atoms with Crippen LogP contribution in [0.2, 0.25) is 0 Å². The molecule has 1 fully saturated rings. The Kier molecular flexibility index (Phi) is 12.7. The number of sulfonamides is 1. The Morgan fingerprint density at radius 2 is 1.78 bits per heavy atom. The van der Waals surface area contributed by atoms with Crippen LogP contribution in [0, 0.1) is 5.92 Å². The highest BCUT2D eigenvalue weighted by Gasteiger charge is 2.32. The molecule has 228 valence electrons. The summed E-state index contributed by atoms with van der Waals surface area (Å²) in [5.41, 5.74) is 0.842. The number of aliphatic hydroxyl groups is 1. The minimum atomic E-state index is -3.95. The minimum absolute atomic E-state index is 0.00535. The summed E-state index contributed by atoms with van der Waals surface area (Å²) < 4.78 is 50.2. The van der Waals surface area contributed by atoms with E-state index in [0.717, 1.165) is 24.2 Å². The zero-order valence-electron chi connectivity index (χ0n) is 24.5. The van der Waals surface area contributed by atoms with Crippen LogP contribution in [-0.4, -0.2) is 82.2 Å². The number of hydrogen-bond acceptors (Lipinski definition) is 8. The molecule has 11 heteroatoms. The zero-order valence-corrected chi connectivity index (χ0v) is 25.3. The fourth-order valence-electron chi connectivity index (χ4n) is 4.45. The Labute approximate surface area is 244 Å². The molecule has 1 saturated heterocycles. The lowest BCUT2D eigenvalue weighted by Gasteiger charge is -2.30. The Morgan fingerprint density at radius 1 is 1.10 bits per heavy atom. The van der Waals surface area contributed by atoms with Crippen molar-refractivity contribution < 1.29 is 37.3 Å². The van der Waals surface area contributed by atoms with Gasteiger partial charge in [-0.25, -0.2) is 13.2 Å². The van der Waals surface area contributed by atoms with Crippen LogP contribution in [0.3, 0.4) is 0 Å². The van der Waals surface area contributed by atoms with Gasteiger partial charge in [0, 0.05) is 19.5 Å². The van der Waals surface area contributed by atoms with Crippen molar-refractivity contribution in [1.29, 1.82) is 0 Å². The summed E-state index contributed by atoms with van der Waals surface area (Å²) in [6.45, 7) is 7.35. The average Bonchev–Trinajstić information content (AvgIpc) is 3.46. The van der Waals surface area contributed by atoms with Gasteiger partial charge in [0.15, 0.2) is 0 Å². The monoisotopic (exact) mass is 592 g/mol. The first-order valence-corrected chi connectivity index (χ1v) is 15.6. The van der Waals surface area contributed by atoms with E-state index in [9.17, 15) is 18.3 Å². The summed E-state index contributed by atoms with van der Waals surface area (Å²) >= 11 is 0. The zero-order chi connectivity index (χ0) is 29.8. The molecule has 0 saturated carbocycles. The third-order valence-electron chi connectivity index (χ3n) is 6.73. The maximum absolute atomic E-state index is 13.6. The highest BCUT2D eigenvalue weighted by Crippen LogP contribution is 2.22. The topological polar surface area (TPSA) is 124 Å². The van der Waals surface area contributed by atoms with Crippen LogP contribution >= 0.6 is 0 Å². The fourth-order valence-corrected chi connectivity index (χ4v) is 6.07. The van der Waals surface area contributed by atoms with Crippen LogP contribution in [0.25, 0.3) is 0 Å². The van der Waals surface area contributed by atoms with Crippen LogP contribution in [0.15, 0.2) is 53.4 Å². The lowest BCUT2D eigenvalue weighted by atomic mass is 10.0. The van der Waals surface area contributed by atoms with E-state index in [1.54, 1.807) is 12.1 Å². The second kappa shape index (κ2) is 16.0. The summed E-state index contributed by atoms with van der Waals surface area (Å²) in [5.74, 6) is 1.27. The molecule has 2 N–H and O–H groups in total. The first-order chi connectivity index (χ1) is 19.6. The van der Waals surface area contributed by atoms with Crippen LogP contribution in [-0.2, 0) is 25.9 Å². The number of hydrogen-bond donors (Lipinski definition) is 2. The summed E-state index contributed by atoms with van der Waals surface area (Å²) in [6, 6.07) is 12.8. The SMILES string of the molecule is CCCCOc1ccc(C[C@H](NC(=O)O[C@H]2CCOC2)[C@H](O)CN(CC(C)C)S(=O)(=O)c2ccc(OC)cc2)cc1. The number of benzene rings is 2. The molecule has 0 spiro atoms. The molecular weight excluding hydrogens is 548 g/mol. The molecule has 41 heavy (non-hydrogen) atoms. The summed E-state index contributed by atoms with van der Waals surface area (Å²) in [7, 11) is -2.44. The minimum Gasteiger partial charge on any atom is -0.497 e. The number of nitrogens with one attached hydrogen (secondary N) is 1. The molecule has 1 aliphatic heterocycles. The molecule has 1 heterocycles. The number of carbonyl (C=O) groups excluding carboxylic acids is 1. The Balaban J connectivity index is 1.79. The molecule has 2 aromatic carbocycles. The molecule has 3 atom stereocenters. The Bertz CT molecular complexity index is 1170. The van der Waals surface area contributed by atoms with Gasteiger partial charge < -0.3 is 29.4 Å². The van der Waals surface area contributed by atoms with E-state index in [0.29, 0.717) is 32.0 Å². The number of unbranched alkanes of at least 4 members (excludes halogenated alkanes) is 1. The van der Waals surface area contributed by atoms with Crippen molar-refractivity contribution in [1.82, 2.24) is 9.62 Å².